The number of amides is 2. The van der Waals surface area contributed by atoms with Crippen LogP contribution < -0.4 is 10.2 Å². The monoisotopic (exact) mass is 396 g/mol. The third kappa shape index (κ3) is 3.76. The zero-order chi connectivity index (χ0) is 18.1. The van der Waals surface area contributed by atoms with Gasteiger partial charge < -0.3 is 10.2 Å². The van der Waals surface area contributed by atoms with Crippen molar-refractivity contribution in [2.45, 2.75) is 13.3 Å². The number of carbonyl (C=O) groups is 2. The fraction of sp³-hybridized carbons (Fsp3) is 0.222. The van der Waals surface area contributed by atoms with E-state index in [9.17, 15) is 9.59 Å². The molecular weight excluding hydrogens is 383 g/mol. The van der Waals surface area contributed by atoms with Gasteiger partial charge in [0.1, 0.15) is 0 Å². The summed E-state index contributed by atoms with van der Waals surface area (Å²) >= 11 is 18.3. The minimum atomic E-state index is -0.470. The number of anilines is 2. The summed E-state index contributed by atoms with van der Waals surface area (Å²) in [5.41, 5.74) is 2.05. The van der Waals surface area contributed by atoms with Gasteiger partial charge in [-0.1, -0.05) is 46.9 Å². The molecule has 3 rings (SSSR count). The molecule has 0 bridgehead atoms. The van der Waals surface area contributed by atoms with Gasteiger partial charge in [-0.25, -0.2) is 0 Å². The van der Waals surface area contributed by atoms with Crippen LogP contribution in [0.2, 0.25) is 15.1 Å². The van der Waals surface area contributed by atoms with Crippen LogP contribution in [0.5, 0.6) is 0 Å². The van der Waals surface area contributed by atoms with Crippen molar-refractivity contribution >= 4 is 58.0 Å². The van der Waals surface area contributed by atoms with Gasteiger partial charge in [-0.05, 0) is 36.8 Å². The maximum Gasteiger partial charge on any atom is 0.229 e. The van der Waals surface area contributed by atoms with Crippen LogP contribution >= 0.6 is 34.8 Å². The molecule has 0 radical (unpaired) electrons. The van der Waals surface area contributed by atoms with Gasteiger partial charge in [-0.3, -0.25) is 9.59 Å². The van der Waals surface area contributed by atoms with Crippen LogP contribution in [-0.2, 0) is 9.59 Å². The second kappa shape index (κ2) is 7.24. The number of nitrogens with one attached hydrogen (secondary N) is 1. The summed E-state index contributed by atoms with van der Waals surface area (Å²) in [5, 5.41) is 4.06. The molecule has 25 heavy (non-hydrogen) atoms. The minimum absolute atomic E-state index is 0.119. The summed E-state index contributed by atoms with van der Waals surface area (Å²) in [4.78, 5) is 26.3. The molecule has 4 nitrogen and oxygen atoms in total. The minimum Gasteiger partial charge on any atom is -0.326 e. The van der Waals surface area contributed by atoms with Crippen LogP contribution in [0.4, 0.5) is 11.4 Å². The van der Waals surface area contributed by atoms with Gasteiger partial charge in [0.2, 0.25) is 11.8 Å². The molecule has 1 saturated heterocycles. The van der Waals surface area contributed by atoms with Crippen LogP contribution in [0.25, 0.3) is 0 Å². The Bertz CT molecular complexity index is 854. The molecule has 0 aromatic heterocycles. The maximum absolute atomic E-state index is 12.5. The maximum atomic E-state index is 12.5. The second-order valence-corrected chi connectivity index (χ2v) is 7.12. The standard InChI is InChI=1S/C18H15Cl3N2O2/c1-10-5-6-12(8-14(10)20)22-18(25)11-7-16(24)23(9-11)15-4-2-3-13(19)17(15)21/h2-6,8,11H,7,9H2,1H3,(H,22,25)/t11-/m1/s1. The molecule has 1 heterocycles. The smallest absolute Gasteiger partial charge is 0.229 e. The highest BCUT2D eigenvalue weighted by molar-refractivity contribution is 6.44. The van der Waals surface area contributed by atoms with E-state index in [2.05, 4.69) is 5.32 Å². The number of rotatable bonds is 3. The molecule has 0 aliphatic carbocycles. The Hall–Kier alpha value is -1.75. The first-order valence-corrected chi connectivity index (χ1v) is 8.81. The molecule has 0 spiro atoms. The zero-order valence-corrected chi connectivity index (χ0v) is 15.6. The van der Waals surface area contributed by atoms with Crippen molar-refractivity contribution in [3.05, 3.63) is 57.0 Å². The van der Waals surface area contributed by atoms with Gasteiger partial charge in [0.25, 0.3) is 0 Å². The lowest BCUT2D eigenvalue weighted by Gasteiger charge is -2.18. The third-order valence-electron chi connectivity index (χ3n) is 4.16. The average Bonchev–Trinajstić information content (AvgIpc) is 2.95. The van der Waals surface area contributed by atoms with E-state index in [0.29, 0.717) is 26.4 Å². The molecule has 2 aromatic carbocycles. The second-order valence-electron chi connectivity index (χ2n) is 5.93. The zero-order valence-electron chi connectivity index (χ0n) is 13.4. The summed E-state index contributed by atoms with van der Waals surface area (Å²) in [6.07, 6.45) is 0.119. The van der Waals surface area contributed by atoms with E-state index in [1.807, 2.05) is 13.0 Å². The highest BCUT2D eigenvalue weighted by Crippen LogP contribution is 2.36. The fourth-order valence-electron chi connectivity index (χ4n) is 2.73. The first-order valence-electron chi connectivity index (χ1n) is 7.68. The van der Waals surface area contributed by atoms with Gasteiger partial charge in [0.05, 0.1) is 21.7 Å². The Morgan fingerprint density at radius 3 is 2.64 bits per heavy atom. The first kappa shape index (κ1) is 18.1. The number of hydrogen-bond acceptors (Lipinski definition) is 2. The summed E-state index contributed by atoms with van der Waals surface area (Å²) in [5.74, 6) is -0.859. The van der Waals surface area contributed by atoms with E-state index in [4.69, 9.17) is 34.8 Å². The van der Waals surface area contributed by atoms with Crippen LogP contribution in [0.3, 0.4) is 0 Å². The molecule has 2 aromatic rings. The Morgan fingerprint density at radius 2 is 1.92 bits per heavy atom. The van der Waals surface area contributed by atoms with Gasteiger partial charge >= 0.3 is 0 Å². The highest BCUT2D eigenvalue weighted by Gasteiger charge is 2.36. The van der Waals surface area contributed by atoms with Crippen molar-refractivity contribution in [2.75, 3.05) is 16.8 Å². The quantitative estimate of drug-likeness (QED) is 0.797. The molecule has 2 amide bonds. The van der Waals surface area contributed by atoms with Crippen molar-refractivity contribution in [1.82, 2.24) is 0 Å². The van der Waals surface area contributed by atoms with Gasteiger partial charge in [0, 0.05) is 23.7 Å². The fourth-order valence-corrected chi connectivity index (χ4v) is 3.31. The van der Waals surface area contributed by atoms with Crippen molar-refractivity contribution in [1.29, 1.82) is 0 Å². The summed E-state index contributed by atoms with van der Waals surface area (Å²) in [6, 6.07) is 10.4. The lowest BCUT2D eigenvalue weighted by molar-refractivity contribution is -0.122. The van der Waals surface area contributed by atoms with Crippen LogP contribution in [0.1, 0.15) is 12.0 Å². The molecule has 1 aliphatic heterocycles. The van der Waals surface area contributed by atoms with E-state index in [1.165, 1.54) is 4.90 Å². The molecule has 1 fully saturated rings. The van der Waals surface area contributed by atoms with Gasteiger partial charge in [-0.2, -0.15) is 0 Å². The van der Waals surface area contributed by atoms with Gasteiger partial charge in [0.15, 0.2) is 0 Å². The Labute approximate surface area is 160 Å². The SMILES string of the molecule is Cc1ccc(NC(=O)[C@@H]2CC(=O)N(c3cccc(Cl)c3Cl)C2)cc1Cl. The summed E-state index contributed by atoms with van der Waals surface area (Å²) in [6.45, 7) is 2.14. The van der Waals surface area contributed by atoms with E-state index in [-0.39, 0.29) is 24.8 Å². The van der Waals surface area contributed by atoms with Gasteiger partial charge in [-0.15, -0.1) is 0 Å². The van der Waals surface area contributed by atoms with Crippen molar-refractivity contribution in [3.8, 4) is 0 Å². The molecule has 130 valence electrons. The Morgan fingerprint density at radius 1 is 1.16 bits per heavy atom. The third-order valence-corrected chi connectivity index (χ3v) is 5.37. The van der Waals surface area contributed by atoms with Crippen LogP contribution in [0, 0.1) is 12.8 Å². The number of halogens is 3. The number of benzene rings is 2. The average molecular weight is 398 g/mol. The number of hydrogen-bond donors (Lipinski definition) is 1. The van der Waals surface area contributed by atoms with E-state index >= 15 is 0 Å². The largest absolute Gasteiger partial charge is 0.326 e. The first-order chi connectivity index (χ1) is 11.9. The molecule has 7 heteroatoms. The molecule has 0 saturated carbocycles. The molecule has 0 unspecified atom stereocenters. The van der Waals surface area contributed by atoms with E-state index in [1.54, 1.807) is 30.3 Å². The molecular formula is C18H15Cl3N2O2. The Kier molecular flexibility index (Phi) is 5.23. The lowest BCUT2D eigenvalue weighted by atomic mass is 10.1. The molecule has 1 atom stereocenters. The number of aryl methyl sites for hydroxylation is 1. The Balaban J connectivity index is 1.74. The lowest BCUT2D eigenvalue weighted by Crippen LogP contribution is -2.28. The van der Waals surface area contributed by atoms with Crippen LogP contribution in [0.15, 0.2) is 36.4 Å². The van der Waals surface area contributed by atoms with E-state index < -0.39 is 5.92 Å². The molecule has 1 N–H and O–H groups in total. The summed E-state index contributed by atoms with van der Waals surface area (Å²) in [7, 11) is 0. The number of nitrogens with zero attached hydrogens (tertiary/aromatic N) is 1. The highest BCUT2D eigenvalue weighted by atomic mass is 35.5. The van der Waals surface area contributed by atoms with Crippen molar-refractivity contribution < 1.29 is 9.59 Å². The molecule has 1 aliphatic rings. The van der Waals surface area contributed by atoms with E-state index in [0.717, 1.165) is 5.56 Å². The number of carbonyl (C=O) groups excluding carboxylic acids is 2. The predicted molar refractivity (Wildman–Crippen MR) is 102 cm³/mol. The normalized spacial score (nSPS) is 17.0. The predicted octanol–water partition coefficient (Wildman–Crippen LogP) is 4.95. The van der Waals surface area contributed by atoms with Crippen molar-refractivity contribution in [3.63, 3.8) is 0 Å². The summed E-state index contributed by atoms with van der Waals surface area (Å²) < 4.78 is 0. The van der Waals surface area contributed by atoms with Crippen LogP contribution in [-0.4, -0.2) is 18.4 Å². The van der Waals surface area contributed by atoms with Crippen molar-refractivity contribution in [2.24, 2.45) is 5.92 Å². The topological polar surface area (TPSA) is 49.4 Å².